The van der Waals surface area contributed by atoms with Crippen molar-refractivity contribution in [3.8, 4) is 0 Å². The summed E-state index contributed by atoms with van der Waals surface area (Å²) in [5, 5.41) is 8.62. The van der Waals surface area contributed by atoms with Gasteiger partial charge in [-0.1, -0.05) is 5.22 Å². The van der Waals surface area contributed by atoms with Crippen molar-refractivity contribution in [1.29, 1.82) is 0 Å². The first kappa shape index (κ1) is 13.5. The Balaban J connectivity index is 2.50. The Morgan fingerprint density at radius 2 is 1.94 bits per heavy atom. The lowest BCUT2D eigenvalue weighted by Crippen LogP contribution is -2.20. The highest BCUT2D eigenvalue weighted by Gasteiger charge is 1.99. The Kier molecular flexibility index (Phi) is 4.53. The molecular formula is C9H11FN3O3S-. The zero-order chi connectivity index (χ0) is 12.9. The molecule has 1 aromatic carbocycles. The monoisotopic (exact) mass is 260 g/mol. The minimum Gasteiger partial charge on any atom is -0.748 e. The number of benzene rings is 1. The third-order valence-corrected chi connectivity index (χ3v) is 2.49. The fraction of sp³-hybridized carbons (Fsp3) is 0.333. The van der Waals surface area contributed by atoms with E-state index in [9.17, 15) is 17.4 Å². The van der Waals surface area contributed by atoms with Crippen LogP contribution < -0.4 is 0 Å². The number of nitrogens with zero attached hydrogens (tertiary/aromatic N) is 3. The number of hydrogen-bond donors (Lipinski definition) is 0. The lowest BCUT2D eigenvalue weighted by molar-refractivity contribution is 0.345. The molecule has 0 aliphatic carbocycles. The predicted molar refractivity (Wildman–Crippen MR) is 58.1 cm³/mol. The highest BCUT2D eigenvalue weighted by atomic mass is 32.2. The molecule has 0 heterocycles. The summed E-state index contributed by atoms with van der Waals surface area (Å²) in [6.07, 6.45) is 0. The average molecular weight is 260 g/mol. The minimum atomic E-state index is -4.25. The van der Waals surface area contributed by atoms with Crippen LogP contribution in [0.25, 0.3) is 0 Å². The van der Waals surface area contributed by atoms with Crippen molar-refractivity contribution in [1.82, 2.24) is 5.01 Å². The van der Waals surface area contributed by atoms with Crippen LogP contribution in [0.3, 0.4) is 0 Å². The Bertz CT molecular complexity index is 487. The van der Waals surface area contributed by atoms with E-state index in [4.69, 9.17) is 0 Å². The van der Waals surface area contributed by atoms with Gasteiger partial charge in [-0.15, -0.1) is 5.11 Å². The summed E-state index contributed by atoms with van der Waals surface area (Å²) >= 11 is 0. The fourth-order valence-electron chi connectivity index (χ4n) is 0.924. The second-order valence-corrected chi connectivity index (χ2v) is 4.83. The van der Waals surface area contributed by atoms with Crippen molar-refractivity contribution >= 4 is 15.8 Å². The van der Waals surface area contributed by atoms with Crippen LogP contribution in [-0.4, -0.2) is 37.3 Å². The summed E-state index contributed by atoms with van der Waals surface area (Å²) in [6, 6.07) is 5.32. The van der Waals surface area contributed by atoms with Gasteiger partial charge in [0.1, 0.15) is 5.82 Å². The molecule has 0 saturated heterocycles. The van der Waals surface area contributed by atoms with E-state index in [0.29, 0.717) is 5.69 Å². The number of halogens is 1. The van der Waals surface area contributed by atoms with Gasteiger partial charge in [0, 0.05) is 7.05 Å². The van der Waals surface area contributed by atoms with Gasteiger partial charge in [-0.3, -0.25) is 5.01 Å². The Hall–Kier alpha value is -1.54. The van der Waals surface area contributed by atoms with Crippen molar-refractivity contribution in [3.05, 3.63) is 30.1 Å². The maximum absolute atomic E-state index is 12.6. The van der Waals surface area contributed by atoms with Crippen LogP contribution in [0.15, 0.2) is 34.6 Å². The topological polar surface area (TPSA) is 85.2 Å². The normalized spacial score (nSPS) is 11.9. The number of hydrogen-bond acceptors (Lipinski definition) is 5. The summed E-state index contributed by atoms with van der Waals surface area (Å²) in [5.74, 6) is -0.916. The summed E-state index contributed by atoms with van der Waals surface area (Å²) < 4.78 is 43.6. The molecule has 0 aliphatic heterocycles. The average Bonchev–Trinajstić information content (AvgIpc) is 2.25. The minimum absolute atomic E-state index is 0.0451. The quantitative estimate of drug-likeness (QED) is 0.453. The Labute approximate surface area is 98.5 Å². The van der Waals surface area contributed by atoms with Crippen LogP contribution >= 0.6 is 0 Å². The van der Waals surface area contributed by atoms with E-state index in [2.05, 4.69) is 10.3 Å². The van der Waals surface area contributed by atoms with E-state index in [1.54, 1.807) is 0 Å². The molecule has 0 fully saturated rings. The second-order valence-electron chi connectivity index (χ2n) is 3.31. The van der Waals surface area contributed by atoms with Gasteiger partial charge < -0.3 is 4.55 Å². The maximum Gasteiger partial charge on any atom is 0.123 e. The highest BCUT2D eigenvalue weighted by molar-refractivity contribution is 7.85. The first-order valence-corrected chi connectivity index (χ1v) is 6.26. The molecule has 0 aliphatic rings. The van der Waals surface area contributed by atoms with Gasteiger partial charge in [-0.05, 0) is 24.3 Å². The van der Waals surface area contributed by atoms with Crippen LogP contribution in [0.4, 0.5) is 10.1 Å². The van der Waals surface area contributed by atoms with Crippen molar-refractivity contribution < 1.29 is 17.4 Å². The van der Waals surface area contributed by atoms with Crippen LogP contribution in [0.1, 0.15) is 0 Å². The first-order valence-electron chi connectivity index (χ1n) is 4.69. The summed E-state index contributed by atoms with van der Waals surface area (Å²) in [7, 11) is -2.77. The third kappa shape index (κ3) is 5.93. The largest absolute Gasteiger partial charge is 0.748 e. The molecule has 0 spiro atoms. The van der Waals surface area contributed by atoms with E-state index in [1.165, 1.54) is 36.3 Å². The van der Waals surface area contributed by atoms with Crippen LogP contribution in [-0.2, 0) is 10.1 Å². The summed E-state index contributed by atoms with van der Waals surface area (Å²) in [6.45, 7) is -0.0451. The van der Waals surface area contributed by atoms with E-state index in [1.807, 2.05) is 0 Å². The van der Waals surface area contributed by atoms with E-state index in [0.717, 1.165) is 0 Å². The van der Waals surface area contributed by atoms with Crippen molar-refractivity contribution in [2.24, 2.45) is 10.3 Å². The van der Waals surface area contributed by atoms with Gasteiger partial charge in [-0.25, -0.2) is 12.8 Å². The molecule has 94 valence electrons. The SMILES string of the molecule is CN(CCS(=O)(=O)[O-])N=Nc1ccc(F)cc1. The predicted octanol–water partition coefficient (Wildman–Crippen LogP) is 1.30. The molecule has 0 aromatic heterocycles. The molecule has 8 heteroatoms. The second kappa shape index (κ2) is 5.69. The fourth-order valence-corrected chi connectivity index (χ4v) is 1.41. The van der Waals surface area contributed by atoms with Crippen LogP contribution in [0.2, 0.25) is 0 Å². The van der Waals surface area contributed by atoms with E-state index >= 15 is 0 Å². The third-order valence-electron chi connectivity index (χ3n) is 1.80. The van der Waals surface area contributed by atoms with Crippen molar-refractivity contribution in [2.75, 3.05) is 19.3 Å². The summed E-state index contributed by atoms with van der Waals surface area (Å²) in [5.41, 5.74) is 0.434. The molecule has 0 amide bonds. The molecular weight excluding hydrogens is 249 g/mol. The van der Waals surface area contributed by atoms with Gasteiger partial charge >= 0.3 is 0 Å². The highest BCUT2D eigenvalue weighted by Crippen LogP contribution is 2.12. The van der Waals surface area contributed by atoms with Gasteiger partial charge in [0.25, 0.3) is 0 Å². The maximum atomic E-state index is 12.6. The molecule has 6 nitrogen and oxygen atoms in total. The molecule has 0 radical (unpaired) electrons. The van der Waals surface area contributed by atoms with E-state index < -0.39 is 15.9 Å². The first-order chi connectivity index (χ1) is 7.87. The Morgan fingerprint density at radius 1 is 1.35 bits per heavy atom. The molecule has 0 unspecified atom stereocenters. The molecule has 0 N–H and O–H groups in total. The lowest BCUT2D eigenvalue weighted by atomic mass is 10.3. The van der Waals surface area contributed by atoms with Crippen LogP contribution in [0, 0.1) is 5.82 Å². The molecule has 0 saturated carbocycles. The smallest absolute Gasteiger partial charge is 0.123 e. The standard InChI is InChI=1S/C9H12FN3O3S/c1-13(6-7-17(14,15)16)12-11-9-4-2-8(10)3-5-9/h2-5H,6-7H2,1H3,(H,14,15,16)/p-1. The molecule has 0 atom stereocenters. The van der Waals surface area contributed by atoms with Crippen LogP contribution in [0.5, 0.6) is 0 Å². The van der Waals surface area contributed by atoms with Gasteiger partial charge in [0.05, 0.1) is 28.1 Å². The molecule has 17 heavy (non-hydrogen) atoms. The van der Waals surface area contributed by atoms with Crippen molar-refractivity contribution in [3.63, 3.8) is 0 Å². The van der Waals surface area contributed by atoms with Gasteiger partial charge in [-0.2, -0.15) is 0 Å². The zero-order valence-electron chi connectivity index (χ0n) is 9.08. The molecule has 1 rings (SSSR count). The lowest BCUT2D eigenvalue weighted by Gasteiger charge is -2.12. The van der Waals surface area contributed by atoms with Gasteiger partial charge in [0.2, 0.25) is 0 Å². The van der Waals surface area contributed by atoms with Crippen molar-refractivity contribution in [2.45, 2.75) is 0 Å². The molecule has 1 aromatic rings. The van der Waals surface area contributed by atoms with E-state index in [-0.39, 0.29) is 12.4 Å². The zero-order valence-corrected chi connectivity index (χ0v) is 9.89. The number of rotatable bonds is 5. The Morgan fingerprint density at radius 3 is 2.47 bits per heavy atom. The summed E-state index contributed by atoms with van der Waals surface area (Å²) in [4.78, 5) is 0. The molecule has 0 bridgehead atoms. The van der Waals surface area contributed by atoms with Gasteiger partial charge in [0.15, 0.2) is 0 Å².